The number of nitrogens with zero attached hydrogens (tertiary/aromatic N) is 1. The van der Waals surface area contributed by atoms with E-state index < -0.39 is 39.8 Å². The molecule has 1 aliphatic heterocycles. The van der Waals surface area contributed by atoms with Crippen molar-refractivity contribution in [3.8, 4) is 0 Å². The second-order valence-corrected chi connectivity index (χ2v) is 8.65. The standard InChI is InChI=1S/C31H19F4N/c32-23-14-8-15-24(33)29(23)31(30-25(34)16-9-17-26(30)35)21-12-4-6-18-27(21)36(20-10-2-1-3-11-20)28-19-7-5-13-22(28)31/h1-19H. The average molecular weight is 481 g/mol. The minimum Gasteiger partial charge on any atom is -0.310 e. The summed E-state index contributed by atoms with van der Waals surface area (Å²) in [4.78, 5) is 1.94. The number of anilines is 3. The van der Waals surface area contributed by atoms with Gasteiger partial charge in [-0.25, -0.2) is 17.6 Å². The Hall–Kier alpha value is -4.38. The highest BCUT2D eigenvalue weighted by Crippen LogP contribution is 2.59. The van der Waals surface area contributed by atoms with Gasteiger partial charge in [0.05, 0.1) is 16.8 Å². The summed E-state index contributed by atoms with van der Waals surface area (Å²) in [6, 6.07) is 30.4. The van der Waals surface area contributed by atoms with Crippen molar-refractivity contribution in [2.75, 3.05) is 4.90 Å². The number of fused-ring (bicyclic) bond motifs is 2. The molecular formula is C31H19F4N. The van der Waals surface area contributed by atoms with Crippen molar-refractivity contribution in [2.24, 2.45) is 0 Å². The molecule has 0 N–H and O–H groups in total. The van der Waals surface area contributed by atoms with Gasteiger partial charge in [0, 0.05) is 16.8 Å². The maximum Gasteiger partial charge on any atom is 0.130 e. The summed E-state index contributed by atoms with van der Waals surface area (Å²) in [5.74, 6) is -3.57. The van der Waals surface area contributed by atoms with Gasteiger partial charge in [0.25, 0.3) is 0 Å². The van der Waals surface area contributed by atoms with Gasteiger partial charge in [0.2, 0.25) is 0 Å². The molecule has 0 radical (unpaired) electrons. The molecule has 1 aliphatic rings. The number of para-hydroxylation sites is 3. The van der Waals surface area contributed by atoms with Crippen LogP contribution in [-0.4, -0.2) is 0 Å². The van der Waals surface area contributed by atoms with Gasteiger partial charge in [-0.15, -0.1) is 0 Å². The lowest BCUT2D eigenvalue weighted by atomic mass is 9.61. The smallest absolute Gasteiger partial charge is 0.130 e. The van der Waals surface area contributed by atoms with E-state index in [0.29, 0.717) is 22.5 Å². The third-order valence-corrected chi connectivity index (χ3v) is 6.79. The Kier molecular flexibility index (Phi) is 5.15. The zero-order chi connectivity index (χ0) is 24.9. The van der Waals surface area contributed by atoms with Crippen LogP contribution in [-0.2, 0) is 5.41 Å². The van der Waals surface area contributed by atoms with Crippen molar-refractivity contribution in [3.05, 3.63) is 161 Å². The van der Waals surface area contributed by atoms with Gasteiger partial charge in [-0.05, 0) is 59.7 Å². The topological polar surface area (TPSA) is 3.24 Å². The Balaban J connectivity index is 1.87. The van der Waals surface area contributed by atoms with E-state index >= 15 is 17.6 Å². The molecule has 1 nitrogen and oxygen atoms in total. The molecule has 0 fully saturated rings. The summed E-state index contributed by atoms with van der Waals surface area (Å²) < 4.78 is 63.0. The SMILES string of the molecule is Fc1cccc(F)c1C1(c2c(F)cccc2F)c2ccccc2N(c2ccccc2)c2ccccc21. The Labute approximate surface area is 205 Å². The lowest BCUT2D eigenvalue weighted by molar-refractivity contribution is 0.483. The van der Waals surface area contributed by atoms with Crippen LogP contribution in [0.1, 0.15) is 22.3 Å². The van der Waals surface area contributed by atoms with E-state index in [2.05, 4.69) is 0 Å². The molecule has 0 atom stereocenters. The molecule has 0 unspecified atom stereocenters. The molecule has 5 heteroatoms. The molecule has 0 spiro atoms. The largest absolute Gasteiger partial charge is 0.310 e. The van der Waals surface area contributed by atoms with E-state index in [-0.39, 0.29) is 0 Å². The van der Waals surface area contributed by atoms with Crippen LogP contribution in [0.5, 0.6) is 0 Å². The number of hydrogen-bond donors (Lipinski definition) is 0. The normalized spacial score (nSPS) is 13.7. The first kappa shape index (κ1) is 22.1. The molecule has 5 aromatic rings. The first-order valence-electron chi connectivity index (χ1n) is 11.5. The minimum atomic E-state index is -1.94. The molecule has 0 saturated carbocycles. The Morgan fingerprint density at radius 1 is 0.417 bits per heavy atom. The van der Waals surface area contributed by atoms with Crippen molar-refractivity contribution >= 4 is 17.1 Å². The summed E-state index contributed by atoms with van der Waals surface area (Å²) >= 11 is 0. The maximum absolute atomic E-state index is 15.7. The highest BCUT2D eigenvalue weighted by molar-refractivity contribution is 5.89. The monoisotopic (exact) mass is 481 g/mol. The van der Waals surface area contributed by atoms with Crippen molar-refractivity contribution in [1.29, 1.82) is 0 Å². The second-order valence-electron chi connectivity index (χ2n) is 8.65. The Morgan fingerprint density at radius 3 is 1.25 bits per heavy atom. The van der Waals surface area contributed by atoms with Crippen LogP contribution in [0.4, 0.5) is 34.6 Å². The zero-order valence-corrected chi connectivity index (χ0v) is 18.9. The van der Waals surface area contributed by atoms with E-state index in [1.807, 2.05) is 35.2 Å². The van der Waals surface area contributed by atoms with Gasteiger partial charge in [-0.1, -0.05) is 66.7 Å². The van der Waals surface area contributed by atoms with Crippen molar-refractivity contribution < 1.29 is 17.6 Å². The third kappa shape index (κ3) is 3.02. The van der Waals surface area contributed by atoms with Crippen LogP contribution in [0, 0.1) is 23.3 Å². The van der Waals surface area contributed by atoms with E-state index in [1.165, 1.54) is 12.1 Å². The molecule has 1 heterocycles. The first-order valence-corrected chi connectivity index (χ1v) is 11.5. The summed E-state index contributed by atoms with van der Waals surface area (Å²) in [5, 5.41) is 0. The van der Waals surface area contributed by atoms with E-state index in [4.69, 9.17) is 0 Å². The van der Waals surface area contributed by atoms with Gasteiger partial charge in [-0.2, -0.15) is 0 Å². The summed E-state index contributed by atoms with van der Waals surface area (Å²) in [5.41, 5.74) is -0.151. The fourth-order valence-corrected chi connectivity index (χ4v) is 5.48. The van der Waals surface area contributed by atoms with Gasteiger partial charge in [-0.3, -0.25) is 0 Å². The van der Waals surface area contributed by atoms with Crippen molar-refractivity contribution in [1.82, 2.24) is 0 Å². The number of benzene rings is 5. The maximum atomic E-state index is 15.7. The van der Waals surface area contributed by atoms with Gasteiger partial charge < -0.3 is 4.90 Å². The Bertz CT molecular complexity index is 1450. The average Bonchev–Trinajstić information content (AvgIpc) is 2.89. The van der Waals surface area contributed by atoms with Gasteiger partial charge in [0.1, 0.15) is 23.3 Å². The Morgan fingerprint density at radius 2 is 0.806 bits per heavy atom. The molecule has 0 aliphatic carbocycles. The number of halogens is 4. The van der Waals surface area contributed by atoms with Crippen molar-refractivity contribution in [3.63, 3.8) is 0 Å². The summed E-state index contributed by atoms with van der Waals surface area (Å²) in [6.07, 6.45) is 0. The van der Waals surface area contributed by atoms with Crippen LogP contribution >= 0.6 is 0 Å². The van der Waals surface area contributed by atoms with E-state index in [0.717, 1.165) is 30.0 Å². The first-order chi connectivity index (χ1) is 17.5. The third-order valence-electron chi connectivity index (χ3n) is 6.79. The quantitative estimate of drug-likeness (QED) is 0.229. The molecule has 0 bridgehead atoms. The highest BCUT2D eigenvalue weighted by atomic mass is 19.1. The lowest BCUT2D eigenvalue weighted by Crippen LogP contribution is -2.40. The minimum absolute atomic E-state index is 0.362. The molecule has 6 rings (SSSR count). The van der Waals surface area contributed by atoms with Crippen LogP contribution in [0.2, 0.25) is 0 Å². The fraction of sp³-hybridized carbons (Fsp3) is 0.0323. The molecular weight excluding hydrogens is 462 g/mol. The van der Waals surface area contributed by atoms with E-state index in [1.54, 1.807) is 48.5 Å². The second kappa shape index (κ2) is 8.38. The molecule has 0 saturated heterocycles. The predicted octanol–water partition coefficient (Wildman–Crippen LogP) is 8.41. The van der Waals surface area contributed by atoms with E-state index in [9.17, 15) is 0 Å². The number of rotatable bonds is 3. The summed E-state index contributed by atoms with van der Waals surface area (Å²) in [7, 11) is 0. The fourth-order valence-electron chi connectivity index (χ4n) is 5.48. The molecule has 5 aromatic carbocycles. The van der Waals surface area contributed by atoms with Crippen LogP contribution in [0.15, 0.2) is 115 Å². The van der Waals surface area contributed by atoms with Crippen LogP contribution in [0.3, 0.4) is 0 Å². The highest BCUT2D eigenvalue weighted by Gasteiger charge is 2.51. The molecule has 36 heavy (non-hydrogen) atoms. The van der Waals surface area contributed by atoms with Gasteiger partial charge >= 0.3 is 0 Å². The van der Waals surface area contributed by atoms with Gasteiger partial charge in [0.15, 0.2) is 0 Å². The zero-order valence-electron chi connectivity index (χ0n) is 18.9. The lowest BCUT2D eigenvalue weighted by Gasteiger charge is -2.46. The van der Waals surface area contributed by atoms with Crippen LogP contribution < -0.4 is 4.90 Å². The molecule has 176 valence electrons. The number of hydrogen-bond acceptors (Lipinski definition) is 1. The predicted molar refractivity (Wildman–Crippen MR) is 133 cm³/mol. The molecule has 0 amide bonds. The van der Waals surface area contributed by atoms with Crippen LogP contribution in [0.25, 0.3) is 0 Å². The summed E-state index contributed by atoms with van der Waals surface area (Å²) in [6.45, 7) is 0. The molecule has 0 aromatic heterocycles. The van der Waals surface area contributed by atoms with Crippen molar-refractivity contribution in [2.45, 2.75) is 5.41 Å².